The summed E-state index contributed by atoms with van der Waals surface area (Å²) in [4.78, 5) is 0. The van der Waals surface area contributed by atoms with Crippen molar-refractivity contribution in [2.45, 2.75) is 13.8 Å². The zero-order valence-corrected chi connectivity index (χ0v) is 6.03. The molecule has 0 fully saturated rings. The Hall–Kier alpha value is -0.170. The molecular weight excluding hydrogens is 116 g/mol. The predicted molar refractivity (Wildman–Crippen MR) is 39.7 cm³/mol. The van der Waals surface area contributed by atoms with Crippen molar-refractivity contribution in [1.82, 2.24) is 0 Å². The van der Waals surface area contributed by atoms with Crippen LogP contribution in [-0.4, -0.2) is 0 Å². The SMILES string of the molecule is CC1=CSC=CC1C. The zero-order valence-electron chi connectivity index (χ0n) is 5.22. The molecule has 0 N–H and O–H groups in total. The molecule has 1 unspecified atom stereocenters. The maximum absolute atomic E-state index is 2.22. The van der Waals surface area contributed by atoms with Crippen LogP contribution in [-0.2, 0) is 0 Å². The summed E-state index contributed by atoms with van der Waals surface area (Å²) < 4.78 is 0. The molecule has 1 aliphatic rings. The van der Waals surface area contributed by atoms with Crippen LogP contribution in [0.5, 0.6) is 0 Å². The van der Waals surface area contributed by atoms with Gasteiger partial charge in [-0.3, -0.25) is 0 Å². The van der Waals surface area contributed by atoms with Crippen molar-refractivity contribution in [3.63, 3.8) is 0 Å². The van der Waals surface area contributed by atoms with E-state index < -0.39 is 0 Å². The second kappa shape index (κ2) is 2.40. The third-order valence-electron chi connectivity index (χ3n) is 1.42. The summed E-state index contributed by atoms with van der Waals surface area (Å²) in [5, 5.41) is 4.34. The van der Waals surface area contributed by atoms with E-state index in [1.807, 2.05) is 0 Å². The van der Waals surface area contributed by atoms with E-state index in [0.29, 0.717) is 5.92 Å². The molecule has 0 aromatic heterocycles. The molecule has 0 aromatic carbocycles. The standard InChI is InChI=1S/C7H10S/c1-6-3-4-8-5-7(6)2/h3-6H,1-2H3. The Morgan fingerprint density at radius 3 is 2.75 bits per heavy atom. The molecular formula is C7H10S. The molecule has 8 heavy (non-hydrogen) atoms. The van der Waals surface area contributed by atoms with Crippen molar-refractivity contribution in [1.29, 1.82) is 0 Å². The van der Waals surface area contributed by atoms with Crippen LogP contribution < -0.4 is 0 Å². The first-order valence-electron chi connectivity index (χ1n) is 2.79. The molecule has 1 heterocycles. The quantitative estimate of drug-likeness (QED) is 0.481. The van der Waals surface area contributed by atoms with E-state index in [1.165, 1.54) is 5.57 Å². The normalized spacial score (nSPS) is 27.8. The number of allylic oxidation sites excluding steroid dienone is 2. The number of thioether (sulfide) groups is 1. The van der Waals surface area contributed by atoms with Crippen LogP contribution in [0.1, 0.15) is 13.8 Å². The molecule has 1 heteroatoms. The van der Waals surface area contributed by atoms with Crippen molar-refractivity contribution < 1.29 is 0 Å². The van der Waals surface area contributed by atoms with Crippen LogP contribution in [0.2, 0.25) is 0 Å². The predicted octanol–water partition coefficient (Wildman–Crippen LogP) is 2.79. The highest BCUT2D eigenvalue weighted by Gasteiger charge is 2.00. The Balaban J connectivity index is 2.63. The fourth-order valence-electron chi connectivity index (χ4n) is 0.569. The Bertz CT molecular complexity index is 133. The molecule has 1 aliphatic heterocycles. The lowest BCUT2D eigenvalue weighted by atomic mass is 10.1. The van der Waals surface area contributed by atoms with Crippen molar-refractivity contribution in [3.05, 3.63) is 22.5 Å². The Morgan fingerprint density at radius 2 is 2.38 bits per heavy atom. The molecule has 0 saturated carbocycles. The minimum Gasteiger partial charge on any atom is -0.106 e. The first-order chi connectivity index (χ1) is 3.80. The maximum atomic E-state index is 2.22. The summed E-state index contributed by atoms with van der Waals surface area (Å²) in [6.45, 7) is 4.38. The monoisotopic (exact) mass is 126 g/mol. The van der Waals surface area contributed by atoms with Gasteiger partial charge in [-0.05, 0) is 23.7 Å². The van der Waals surface area contributed by atoms with Gasteiger partial charge in [0.25, 0.3) is 0 Å². The van der Waals surface area contributed by atoms with Gasteiger partial charge >= 0.3 is 0 Å². The van der Waals surface area contributed by atoms with E-state index in [1.54, 1.807) is 11.8 Å². The van der Waals surface area contributed by atoms with E-state index in [9.17, 15) is 0 Å². The lowest BCUT2D eigenvalue weighted by Gasteiger charge is -2.08. The van der Waals surface area contributed by atoms with Crippen LogP contribution in [0.25, 0.3) is 0 Å². The first-order valence-corrected chi connectivity index (χ1v) is 3.74. The molecule has 1 atom stereocenters. The van der Waals surface area contributed by atoms with Crippen molar-refractivity contribution in [2.24, 2.45) is 5.92 Å². The van der Waals surface area contributed by atoms with Crippen LogP contribution in [0.3, 0.4) is 0 Å². The summed E-state index contributed by atoms with van der Waals surface area (Å²) in [5.41, 5.74) is 1.47. The summed E-state index contributed by atoms with van der Waals surface area (Å²) >= 11 is 1.76. The van der Waals surface area contributed by atoms with E-state index >= 15 is 0 Å². The molecule has 0 aromatic rings. The number of hydrogen-bond donors (Lipinski definition) is 0. The molecule has 44 valence electrons. The van der Waals surface area contributed by atoms with Gasteiger partial charge in [-0.15, -0.1) is 11.8 Å². The van der Waals surface area contributed by atoms with Crippen LogP contribution >= 0.6 is 11.8 Å². The van der Waals surface area contributed by atoms with E-state index in [4.69, 9.17) is 0 Å². The second-order valence-corrected chi connectivity index (χ2v) is 2.90. The van der Waals surface area contributed by atoms with E-state index in [-0.39, 0.29) is 0 Å². The molecule has 0 amide bonds. The van der Waals surface area contributed by atoms with Gasteiger partial charge in [0.1, 0.15) is 0 Å². The minimum atomic E-state index is 0.663. The Morgan fingerprint density at radius 1 is 1.62 bits per heavy atom. The van der Waals surface area contributed by atoms with Crippen molar-refractivity contribution in [2.75, 3.05) is 0 Å². The molecule has 0 saturated heterocycles. The largest absolute Gasteiger partial charge is 0.106 e. The van der Waals surface area contributed by atoms with Gasteiger partial charge in [-0.25, -0.2) is 0 Å². The molecule has 0 aliphatic carbocycles. The zero-order chi connectivity index (χ0) is 5.98. The minimum absolute atomic E-state index is 0.663. The van der Waals surface area contributed by atoms with E-state index in [0.717, 1.165) is 0 Å². The molecule has 0 radical (unpaired) electrons. The molecule has 1 rings (SSSR count). The van der Waals surface area contributed by atoms with Gasteiger partial charge < -0.3 is 0 Å². The highest BCUT2D eigenvalue weighted by atomic mass is 32.2. The summed E-state index contributed by atoms with van der Waals surface area (Å²) in [6, 6.07) is 0. The third kappa shape index (κ3) is 1.16. The average Bonchev–Trinajstić information content (AvgIpc) is 1.77. The lowest BCUT2D eigenvalue weighted by Crippen LogP contribution is -1.91. The highest BCUT2D eigenvalue weighted by molar-refractivity contribution is 8.04. The van der Waals surface area contributed by atoms with Crippen molar-refractivity contribution in [3.8, 4) is 0 Å². The van der Waals surface area contributed by atoms with E-state index in [2.05, 4.69) is 30.7 Å². The Labute approximate surface area is 54.7 Å². The summed E-state index contributed by atoms with van der Waals surface area (Å²) in [6.07, 6.45) is 2.22. The first kappa shape index (κ1) is 5.96. The van der Waals surface area contributed by atoms with Gasteiger partial charge in [-0.1, -0.05) is 18.6 Å². The Kier molecular flexibility index (Phi) is 1.79. The topological polar surface area (TPSA) is 0 Å². The fraction of sp³-hybridized carbons (Fsp3) is 0.429. The number of rotatable bonds is 0. The molecule has 0 spiro atoms. The second-order valence-electron chi connectivity index (χ2n) is 2.12. The third-order valence-corrected chi connectivity index (χ3v) is 2.24. The summed E-state index contributed by atoms with van der Waals surface area (Å²) in [7, 11) is 0. The highest BCUT2D eigenvalue weighted by Crippen LogP contribution is 2.22. The van der Waals surface area contributed by atoms with Gasteiger partial charge in [0.2, 0.25) is 0 Å². The van der Waals surface area contributed by atoms with Gasteiger partial charge in [0.15, 0.2) is 0 Å². The average molecular weight is 126 g/mol. The van der Waals surface area contributed by atoms with Gasteiger partial charge in [-0.2, -0.15) is 0 Å². The molecule has 0 bridgehead atoms. The maximum Gasteiger partial charge on any atom is -0.00379 e. The lowest BCUT2D eigenvalue weighted by molar-refractivity contribution is 0.865. The molecule has 0 nitrogen and oxygen atoms in total. The van der Waals surface area contributed by atoms with Crippen LogP contribution in [0.15, 0.2) is 22.5 Å². The van der Waals surface area contributed by atoms with Gasteiger partial charge in [0, 0.05) is 0 Å². The van der Waals surface area contributed by atoms with Crippen LogP contribution in [0.4, 0.5) is 0 Å². The smallest absolute Gasteiger partial charge is 0.00379 e. The van der Waals surface area contributed by atoms with Crippen molar-refractivity contribution >= 4 is 11.8 Å². The number of hydrogen-bond acceptors (Lipinski definition) is 1. The van der Waals surface area contributed by atoms with Gasteiger partial charge in [0.05, 0.1) is 0 Å². The van der Waals surface area contributed by atoms with Crippen LogP contribution in [0, 0.1) is 5.92 Å². The fourth-order valence-corrected chi connectivity index (χ4v) is 1.40. The summed E-state index contributed by atoms with van der Waals surface area (Å²) in [5.74, 6) is 0.663.